The lowest BCUT2D eigenvalue weighted by molar-refractivity contribution is -0.122. The summed E-state index contributed by atoms with van der Waals surface area (Å²) in [5, 5.41) is 2.34. The van der Waals surface area contributed by atoms with E-state index in [-0.39, 0.29) is 24.0 Å². The number of halogens is 1. The molecule has 1 saturated heterocycles. The monoisotopic (exact) mass is 514 g/mol. The van der Waals surface area contributed by atoms with Gasteiger partial charge in [-0.3, -0.25) is 19.3 Å². The molecule has 0 aromatic heterocycles. The first-order valence-electron chi connectivity index (χ1n) is 9.55. The first-order chi connectivity index (χ1) is 15.4. The van der Waals surface area contributed by atoms with Crippen LogP contribution < -0.4 is 14.8 Å². The SMILES string of the molecule is C#CCN1C(=O)S/C(=C/c2cc(Br)c(OCC(=O)Nc3ccccc3)c(OCC)c2)C1=O. The molecule has 0 radical (unpaired) electrons. The summed E-state index contributed by atoms with van der Waals surface area (Å²) in [4.78, 5) is 37.9. The highest BCUT2D eigenvalue weighted by Crippen LogP contribution is 2.39. The molecule has 2 aromatic carbocycles. The second-order valence-electron chi connectivity index (χ2n) is 6.44. The standard InChI is InChI=1S/C23H19BrN2O5S/c1-3-10-26-22(28)19(32-23(26)29)13-15-11-17(24)21(18(12-15)30-4-2)31-14-20(27)25-16-8-6-5-7-9-16/h1,5-9,11-13H,4,10,14H2,2H3,(H,25,27)/b19-13+. The van der Waals surface area contributed by atoms with Crippen molar-refractivity contribution in [2.75, 3.05) is 25.1 Å². The Morgan fingerprint density at radius 1 is 1.25 bits per heavy atom. The van der Waals surface area contributed by atoms with Crippen LogP contribution in [0.4, 0.5) is 10.5 Å². The maximum Gasteiger partial charge on any atom is 0.294 e. The second kappa shape index (κ2) is 10.9. The molecule has 1 N–H and O–H groups in total. The minimum absolute atomic E-state index is 0.0757. The van der Waals surface area contributed by atoms with Crippen molar-refractivity contribution >= 4 is 56.5 Å². The number of hydrogen-bond acceptors (Lipinski definition) is 6. The molecule has 3 amide bonds. The molecule has 164 valence electrons. The minimum atomic E-state index is -0.440. The molecule has 9 heteroatoms. The van der Waals surface area contributed by atoms with Crippen LogP contribution in [-0.2, 0) is 9.59 Å². The van der Waals surface area contributed by atoms with Gasteiger partial charge in [-0.2, -0.15) is 0 Å². The van der Waals surface area contributed by atoms with Crippen LogP contribution in [0.3, 0.4) is 0 Å². The van der Waals surface area contributed by atoms with Crippen molar-refractivity contribution < 1.29 is 23.9 Å². The predicted molar refractivity (Wildman–Crippen MR) is 127 cm³/mol. The molecular formula is C23H19BrN2O5S. The van der Waals surface area contributed by atoms with Crippen LogP contribution >= 0.6 is 27.7 Å². The Morgan fingerprint density at radius 3 is 2.69 bits per heavy atom. The fourth-order valence-corrected chi connectivity index (χ4v) is 4.22. The van der Waals surface area contributed by atoms with Crippen LogP contribution in [0.15, 0.2) is 51.8 Å². The van der Waals surface area contributed by atoms with Crippen LogP contribution in [0.5, 0.6) is 11.5 Å². The van der Waals surface area contributed by atoms with Gasteiger partial charge in [0, 0.05) is 5.69 Å². The number of ether oxygens (including phenoxy) is 2. The van der Waals surface area contributed by atoms with Gasteiger partial charge < -0.3 is 14.8 Å². The van der Waals surface area contributed by atoms with Gasteiger partial charge in [0.1, 0.15) is 0 Å². The Labute approximate surface area is 198 Å². The number of terminal acetylenes is 1. The van der Waals surface area contributed by atoms with Crippen molar-refractivity contribution in [3.05, 3.63) is 57.4 Å². The first kappa shape index (κ1) is 23.4. The van der Waals surface area contributed by atoms with Gasteiger partial charge in [-0.25, -0.2) is 0 Å². The molecule has 1 aliphatic rings. The Bertz CT molecular complexity index is 1110. The highest BCUT2D eigenvalue weighted by atomic mass is 79.9. The van der Waals surface area contributed by atoms with Gasteiger partial charge in [-0.15, -0.1) is 6.42 Å². The maximum atomic E-state index is 12.4. The van der Waals surface area contributed by atoms with Gasteiger partial charge in [-0.05, 0) is 70.5 Å². The van der Waals surface area contributed by atoms with Crippen LogP contribution in [0.2, 0.25) is 0 Å². The number of benzene rings is 2. The summed E-state index contributed by atoms with van der Waals surface area (Å²) in [7, 11) is 0. The first-order valence-corrected chi connectivity index (χ1v) is 11.2. The zero-order valence-electron chi connectivity index (χ0n) is 17.1. The molecule has 0 spiro atoms. The zero-order chi connectivity index (χ0) is 23.1. The maximum absolute atomic E-state index is 12.4. The van der Waals surface area contributed by atoms with Crippen molar-refractivity contribution in [3.8, 4) is 23.8 Å². The Kier molecular flexibility index (Phi) is 7.98. The zero-order valence-corrected chi connectivity index (χ0v) is 19.5. The molecule has 3 rings (SSSR count). The molecule has 0 saturated carbocycles. The Morgan fingerprint density at radius 2 is 2.00 bits per heavy atom. The fraction of sp³-hybridized carbons (Fsp3) is 0.174. The van der Waals surface area contributed by atoms with Gasteiger partial charge >= 0.3 is 0 Å². The summed E-state index contributed by atoms with van der Waals surface area (Å²) in [6.07, 6.45) is 6.81. The van der Waals surface area contributed by atoms with Crippen molar-refractivity contribution in [2.24, 2.45) is 0 Å². The summed E-state index contributed by atoms with van der Waals surface area (Å²) in [5.41, 5.74) is 1.28. The van der Waals surface area contributed by atoms with Crippen molar-refractivity contribution in [2.45, 2.75) is 6.92 Å². The smallest absolute Gasteiger partial charge is 0.294 e. The quantitative estimate of drug-likeness (QED) is 0.411. The topological polar surface area (TPSA) is 84.9 Å². The number of carbonyl (C=O) groups excluding carboxylic acids is 3. The number of carbonyl (C=O) groups is 3. The van der Waals surface area contributed by atoms with Crippen LogP contribution in [0.1, 0.15) is 12.5 Å². The van der Waals surface area contributed by atoms with Crippen molar-refractivity contribution in [1.82, 2.24) is 4.90 Å². The number of nitrogens with one attached hydrogen (secondary N) is 1. The molecule has 1 aliphatic heterocycles. The normalized spacial score (nSPS) is 14.4. The lowest BCUT2D eigenvalue weighted by Gasteiger charge is -2.15. The average Bonchev–Trinajstić information content (AvgIpc) is 3.02. The molecule has 1 heterocycles. The van der Waals surface area contributed by atoms with Gasteiger partial charge in [-0.1, -0.05) is 24.1 Å². The van der Waals surface area contributed by atoms with E-state index in [2.05, 4.69) is 27.2 Å². The van der Waals surface area contributed by atoms with Crippen molar-refractivity contribution in [1.29, 1.82) is 0 Å². The number of anilines is 1. The predicted octanol–water partition coefficient (Wildman–Crippen LogP) is 4.53. The van der Waals surface area contributed by atoms with Crippen LogP contribution in [0.25, 0.3) is 6.08 Å². The van der Waals surface area contributed by atoms with Crippen molar-refractivity contribution in [3.63, 3.8) is 0 Å². The number of nitrogens with zero attached hydrogens (tertiary/aromatic N) is 1. The lowest BCUT2D eigenvalue weighted by Crippen LogP contribution is -2.28. The average molecular weight is 515 g/mol. The summed E-state index contributed by atoms with van der Waals surface area (Å²) < 4.78 is 11.9. The highest BCUT2D eigenvalue weighted by Gasteiger charge is 2.34. The van der Waals surface area contributed by atoms with Gasteiger partial charge in [0.25, 0.3) is 17.1 Å². The number of rotatable bonds is 8. The van der Waals surface area contributed by atoms with E-state index in [4.69, 9.17) is 15.9 Å². The molecule has 32 heavy (non-hydrogen) atoms. The molecule has 0 unspecified atom stereocenters. The minimum Gasteiger partial charge on any atom is -0.490 e. The molecule has 0 bridgehead atoms. The van der Waals surface area contributed by atoms with Gasteiger partial charge in [0.2, 0.25) is 0 Å². The number of para-hydroxylation sites is 1. The number of amides is 3. The van der Waals surface area contributed by atoms with E-state index < -0.39 is 11.1 Å². The Balaban J connectivity index is 1.78. The van der Waals surface area contributed by atoms with E-state index >= 15 is 0 Å². The Hall–Kier alpha value is -3.22. The summed E-state index contributed by atoms with van der Waals surface area (Å²) in [6, 6.07) is 12.4. The van der Waals surface area contributed by atoms with Crippen LogP contribution in [-0.4, -0.2) is 41.7 Å². The van der Waals surface area contributed by atoms with E-state index in [0.717, 1.165) is 16.7 Å². The van der Waals surface area contributed by atoms with E-state index in [0.29, 0.717) is 33.8 Å². The van der Waals surface area contributed by atoms with Gasteiger partial charge in [0.05, 0.1) is 22.5 Å². The third-order valence-electron chi connectivity index (χ3n) is 4.16. The molecule has 7 nitrogen and oxygen atoms in total. The summed E-state index contributed by atoms with van der Waals surface area (Å²) >= 11 is 4.26. The molecule has 2 aromatic rings. The third-order valence-corrected chi connectivity index (χ3v) is 5.65. The summed E-state index contributed by atoms with van der Waals surface area (Å²) in [6.45, 7) is 1.88. The van der Waals surface area contributed by atoms with E-state index in [1.165, 1.54) is 0 Å². The van der Waals surface area contributed by atoms with E-state index in [1.807, 2.05) is 25.1 Å². The molecule has 1 fully saturated rings. The van der Waals surface area contributed by atoms with Crippen LogP contribution in [0, 0.1) is 12.3 Å². The van der Waals surface area contributed by atoms with E-state index in [1.54, 1.807) is 30.3 Å². The third kappa shape index (κ3) is 5.72. The number of thioether (sulfide) groups is 1. The number of hydrogen-bond donors (Lipinski definition) is 1. The molecule has 0 aliphatic carbocycles. The fourth-order valence-electron chi connectivity index (χ4n) is 2.81. The molecular weight excluding hydrogens is 496 g/mol. The second-order valence-corrected chi connectivity index (χ2v) is 8.29. The van der Waals surface area contributed by atoms with Gasteiger partial charge in [0.15, 0.2) is 18.1 Å². The summed E-state index contributed by atoms with van der Waals surface area (Å²) in [5.74, 6) is 2.29. The number of imide groups is 1. The highest BCUT2D eigenvalue weighted by molar-refractivity contribution is 9.10. The largest absolute Gasteiger partial charge is 0.490 e. The molecule has 0 atom stereocenters. The van der Waals surface area contributed by atoms with E-state index in [9.17, 15) is 14.4 Å². The lowest BCUT2D eigenvalue weighted by atomic mass is 10.2.